The van der Waals surface area contributed by atoms with Crippen LogP contribution in [0.3, 0.4) is 0 Å². The van der Waals surface area contributed by atoms with Crippen molar-refractivity contribution in [1.29, 1.82) is 0 Å². The molecule has 16 heteroatoms. The van der Waals surface area contributed by atoms with E-state index in [2.05, 4.69) is 10.6 Å². The summed E-state index contributed by atoms with van der Waals surface area (Å²) in [4.78, 5) is 21.1. The summed E-state index contributed by atoms with van der Waals surface area (Å²) in [5.41, 5.74) is -2.22. The Morgan fingerprint density at radius 1 is 0.950 bits per heavy atom. The Balaban J connectivity index is 2.12. The molecule has 1 aromatic rings. The van der Waals surface area contributed by atoms with Gasteiger partial charge < -0.3 is 34.2 Å². The van der Waals surface area contributed by atoms with Gasteiger partial charge in [0, 0.05) is 36.7 Å². The molecule has 228 valence electrons. The summed E-state index contributed by atoms with van der Waals surface area (Å²) in [5.74, 6) is -7.24. The van der Waals surface area contributed by atoms with Crippen LogP contribution in [-0.2, 0) is 40.2 Å². The van der Waals surface area contributed by atoms with Crippen LogP contribution in [0.25, 0.3) is 0 Å². The molecule has 1 unspecified atom stereocenters. The molecule has 1 atom stereocenters. The van der Waals surface area contributed by atoms with Gasteiger partial charge >= 0.3 is 0 Å². The number of amides is 1. The van der Waals surface area contributed by atoms with Crippen molar-refractivity contribution < 1.29 is 49.4 Å². The molecule has 0 spiro atoms. The number of aldehydes is 1. The number of benzene rings is 1. The minimum atomic E-state index is -4.76. The summed E-state index contributed by atoms with van der Waals surface area (Å²) in [6, 6.07) is -0.460. The SMILES string of the molecule is O=CCCOCCOCCNC(=O)CCS(=O)(=O)c1c(F)c(F)c(NS(=O)[O-])c(F)c1NC1CCCCCCC1. The van der Waals surface area contributed by atoms with Crippen LogP contribution in [0.2, 0.25) is 0 Å². The lowest BCUT2D eigenvalue weighted by Crippen LogP contribution is -2.30. The highest BCUT2D eigenvalue weighted by Gasteiger charge is 2.34. The molecule has 0 bridgehead atoms. The fraction of sp³-hybridized carbons (Fsp3) is 0.667. The zero-order valence-corrected chi connectivity index (χ0v) is 23.6. The third kappa shape index (κ3) is 11.0. The quantitative estimate of drug-likeness (QED) is 0.104. The third-order valence-electron chi connectivity index (χ3n) is 6.15. The first-order chi connectivity index (χ1) is 19.1. The molecule has 40 heavy (non-hydrogen) atoms. The fourth-order valence-electron chi connectivity index (χ4n) is 4.17. The van der Waals surface area contributed by atoms with E-state index in [1.165, 1.54) is 4.72 Å². The van der Waals surface area contributed by atoms with E-state index in [-0.39, 0.29) is 39.4 Å². The van der Waals surface area contributed by atoms with Crippen molar-refractivity contribution in [2.75, 3.05) is 48.8 Å². The van der Waals surface area contributed by atoms with Gasteiger partial charge in [-0.05, 0) is 12.8 Å². The highest BCUT2D eigenvalue weighted by atomic mass is 32.2. The second-order valence-electron chi connectivity index (χ2n) is 9.14. The first kappa shape index (κ1) is 33.9. The number of anilines is 2. The van der Waals surface area contributed by atoms with Gasteiger partial charge in [0.1, 0.15) is 16.9 Å². The molecule has 1 aromatic carbocycles. The summed E-state index contributed by atoms with van der Waals surface area (Å²) in [6.45, 7) is 0.843. The van der Waals surface area contributed by atoms with Gasteiger partial charge in [-0.1, -0.05) is 32.1 Å². The van der Waals surface area contributed by atoms with E-state index in [0.29, 0.717) is 12.8 Å². The van der Waals surface area contributed by atoms with Crippen molar-refractivity contribution >= 4 is 44.7 Å². The number of nitrogens with one attached hydrogen (secondary N) is 3. The number of sulfone groups is 1. The van der Waals surface area contributed by atoms with Crippen LogP contribution < -0.4 is 15.4 Å². The molecule has 1 aliphatic carbocycles. The van der Waals surface area contributed by atoms with Gasteiger partial charge in [-0.3, -0.25) is 9.00 Å². The summed E-state index contributed by atoms with van der Waals surface area (Å²) < 4.78 is 105. The van der Waals surface area contributed by atoms with Crippen LogP contribution in [0.5, 0.6) is 0 Å². The molecule has 3 N–H and O–H groups in total. The van der Waals surface area contributed by atoms with E-state index >= 15 is 8.78 Å². The van der Waals surface area contributed by atoms with Crippen LogP contribution in [-0.4, -0.2) is 74.1 Å². The first-order valence-corrected chi connectivity index (χ1v) is 15.7. The zero-order chi connectivity index (χ0) is 29.5. The zero-order valence-electron chi connectivity index (χ0n) is 22.0. The predicted octanol–water partition coefficient (Wildman–Crippen LogP) is 2.74. The topological polar surface area (TPSA) is 163 Å². The minimum absolute atomic E-state index is 0.0338. The Bertz CT molecular complexity index is 1120. The number of hydrogen-bond acceptors (Lipinski definition) is 9. The average Bonchev–Trinajstić information content (AvgIpc) is 2.88. The van der Waals surface area contributed by atoms with Crippen LogP contribution in [0.4, 0.5) is 24.5 Å². The van der Waals surface area contributed by atoms with Gasteiger partial charge in [0.2, 0.25) is 5.91 Å². The minimum Gasteiger partial charge on any atom is -0.755 e. The van der Waals surface area contributed by atoms with Crippen molar-refractivity contribution in [2.24, 2.45) is 0 Å². The van der Waals surface area contributed by atoms with Gasteiger partial charge in [0.15, 0.2) is 27.3 Å². The van der Waals surface area contributed by atoms with E-state index in [1.807, 2.05) is 0 Å². The molecular weight excluding hydrogens is 579 g/mol. The molecule has 1 fully saturated rings. The van der Waals surface area contributed by atoms with Crippen molar-refractivity contribution in [1.82, 2.24) is 5.32 Å². The van der Waals surface area contributed by atoms with E-state index in [0.717, 1.165) is 38.4 Å². The van der Waals surface area contributed by atoms with Gasteiger partial charge in [-0.2, -0.15) is 0 Å². The van der Waals surface area contributed by atoms with Crippen LogP contribution in [0.1, 0.15) is 57.8 Å². The fourth-order valence-corrected chi connectivity index (χ4v) is 6.00. The maximum absolute atomic E-state index is 15.4. The summed E-state index contributed by atoms with van der Waals surface area (Å²) in [6.07, 6.45) is 5.71. The molecule has 1 amide bonds. The molecule has 0 aromatic heterocycles. The number of rotatable bonds is 17. The normalized spacial score (nSPS) is 15.6. The molecule has 1 aliphatic rings. The summed E-state index contributed by atoms with van der Waals surface area (Å²) in [7, 11) is -4.76. The highest BCUT2D eigenvalue weighted by Crippen LogP contribution is 2.38. The average molecular weight is 615 g/mol. The van der Waals surface area contributed by atoms with Gasteiger partial charge in [0.25, 0.3) is 0 Å². The van der Waals surface area contributed by atoms with Gasteiger partial charge in [-0.25, -0.2) is 21.6 Å². The van der Waals surface area contributed by atoms with Crippen molar-refractivity contribution in [3.63, 3.8) is 0 Å². The Morgan fingerprint density at radius 3 is 2.20 bits per heavy atom. The second kappa shape index (κ2) is 17.5. The Morgan fingerprint density at radius 2 is 1.57 bits per heavy atom. The Hall–Kier alpha value is -2.27. The lowest BCUT2D eigenvalue weighted by Gasteiger charge is -2.25. The maximum atomic E-state index is 15.4. The van der Waals surface area contributed by atoms with Crippen LogP contribution in [0.15, 0.2) is 4.90 Å². The summed E-state index contributed by atoms with van der Waals surface area (Å²) >= 11 is -3.22. The van der Waals surface area contributed by atoms with E-state index in [9.17, 15) is 31.2 Å². The number of hydrogen-bond donors (Lipinski definition) is 3. The second-order valence-corrected chi connectivity index (χ2v) is 11.9. The van der Waals surface area contributed by atoms with Crippen molar-refractivity contribution in [2.45, 2.75) is 68.7 Å². The molecule has 2 rings (SSSR count). The lowest BCUT2D eigenvalue weighted by atomic mass is 9.96. The molecule has 0 saturated heterocycles. The predicted molar refractivity (Wildman–Crippen MR) is 141 cm³/mol. The number of carbonyl (C=O) groups is 2. The largest absolute Gasteiger partial charge is 0.755 e. The third-order valence-corrected chi connectivity index (χ3v) is 8.26. The maximum Gasteiger partial charge on any atom is 0.221 e. The standard InChI is InChI=1S/C24H36F3N3O8S2/c25-19-20(26)24(40(35,36)16-9-18(32)28-10-13-38-15-14-37-12-6-11-31)23(21(27)22(19)30-39(33)34)29-17-7-4-2-1-3-5-8-17/h11,17,29-30H,1-10,12-16H2,(H,28,32)(H,33,34)/p-1. The highest BCUT2D eigenvalue weighted by molar-refractivity contribution is 7.91. The molecule has 0 heterocycles. The number of ether oxygens (including phenoxy) is 2. The number of carbonyl (C=O) groups excluding carboxylic acids is 2. The van der Waals surface area contributed by atoms with Gasteiger partial charge in [0.05, 0.1) is 37.9 Å². The van der Waals surface area contributed by atoms with Crippen LogP contribution >= 0.6 is 0 Å². The summed E-state index contributed by atoms with van der Waals surface area (Å²) in [5, 5.41) is 5.11. The van der Waals surface area contributed by atoms with E-state index in [1.54, 1.807) is 0 Å². The first-order valence-electron chi connectivity index (χ1n) is 13.0. The Kier molecular flexibility index (Phi) is 14.9. The van der Waals surface area contributed by atoms with E-state index < -0.39 is 78.9 Å². The molecule has 0 aliphatic heterocycles. The monoisotopic (exact) mass is 614 g/mol. The molecule has 0 radical (unpaired) electrons. The molecule has 11 nitrogen and oxygen atoms in total. The lowest BCUT2D eigenvalue weighted by molar-refractivity contribution is -0.121. The van der Waals surface area contributed by atoms with Crippen molar-refractivity contribution in [3.05, 3.63) is 17.5 Å². The Labute approximate surface area is 234 Å². The van der Waals surface area contributed by atoms with E-state index in [4.69, 9.17) is 9.47 Å². The molecular formula is C24H35F3N3O8S2-. The van der Waals surface area contributed by atoms with Crippen LogP contribution in [0, 0.1) is 17.5 Å². The molecule has 1 saturated carbocycles. The smallest absolute Gasteiger partial charge is 0.221 e. The number of halogens is 3. The van der Waals surface area contributed by atoms with Gasteiger partial charge in [-0.15, -0.1) is 0 Å². The van der Waals surface area contributed by atoms with Crippen molar-refractivity contribution in [3.8, 4) is 0 Å².